The molecule has 2 atom stereocenters. The van der Waals surface area contributed by atoms with E-state index in [1.54, 1.807) is 39.0 Å². The van der Waals surface area contributed by atoms with Gasteiger partial charge in [0.2, 0.25) is 5.91 Å². The van der Waals surface area contributed by atoms with Crippen molar-refractivity contribution >= 4 is 12.0 Å². The average molecular weight is 347 g/mol. The van der Waals surface area contributed by atoms with Crippen molar-refractivity contribution in [1.29, 1.82) is 5.26 Å². The third kappa shape index (κ3) is 4.92. The summed E-state index contributed by atoms with van der Waals surface area (Å²) in [4.78, 5) is 25.6. The Labute approximate surface area is 146 Å². The number of carbonyl (C=O) groups is 2. The molecule has 0 spiro atoms. The van der Waals surface area contributed by atoms with E-state index in [0.717, 1.165) is 0 Å². The molecule has 1 fully saturated rings. The molecule has 1 aliphatic rings. The predicted molar refractivity (Wildman–Crippen MR) is 89.1 cm³/mol. The minimum atomic E-state index is -0.660. The van der Waals surface area contributed by atoms with E-state index in [4.69, 9.17) is 10.00 Å². The second-order valence-electron chi connectivity index (χ2n) is 7.01. The van der Waals surface area contributed by atoms with E-state index in [-0.39, 0.29) is 25.4 Å². The van der Waals surface area contributed by atoms with Gasteiger partial charge < -0.3 is 15.0 Å². The SMILES string of the molecule is CC(C)(C)OC(=O)N[C@@H]1CN(C(=O)CC#N)C[C@H]1c1ccccc1F. The van der Waals surface area contributed by atoms with E-state index in [2.05, 4.69) is 5.32 Å². The molecule has 1 saturated heterocycles. The Hall–Kier alpha value is -2.62. The topological polar surface area (TPSA) is 82.4 Å². The van der Waals surface area contributed by atoms with Gasteiger partial charge in [0.05, 0.1) is 12.1 Å². The van der Waals surface area contributed by atoms with Crippen LogP contribution in [0.2, 0.25) is 0 Å². The van der Waals surface area contributed by atoms with Crippen molar-refractivity contribution in [2.45, 2.75) is 44.8 Å². The Bertz CT molecular complexity index is 694. The standard InChI is InChI=1S/C18H22FN3O3/c1-18(2,3)25-17(24)21-15-11-22(16(23)8-9-20)10-13(15)12-6-4-5-7-14(12)19/h4-7,13,15H,8,10-11H2,1-3H3,(H,21,24)/t13-,15+/m0/s1. The van der Waals surface area contributed by atoms with Crippen LogP contribution in [0.4, 0.5) is 9.18 Å². The number of carbonyl (C=O) groups excluding carboxylic acids is 2. The van der Waals surface area contributed by atoms with Crippen LogP contribution in [0.15, 0.2) is 24.3 Å². The lowest BCUT2D eigenvalue weighted by atomic mass is 9.94. The molecular weight excluding hydrogens is 325 g/mol. The van der Waals surface area contributed by atoms with Crippen molar-refractivity contribution in [2.75, 3.05) is 13.1 Å². The first-order valence-electron chi connectivity index (χ1n) is 8.10. The zero-order valence-corrected chi connectivity index (χ0v) is 14.6. The van der Waals surface area contributed by atoms with Crippen LogP contribution in [0, 0.1) is 17.1 Å². The average Bonchev–Trinajstić information content (AvgIpc) is 2.89. The summed E-state index contributed by atoms with van der Waals surface area (Å²) in [6.45, 7) is 5.69. The van der Waals surface area contributed by atoms with Crippen molar-refractivity contribution in [1.82, 2.24) is 10.2 Å². The van der Waals surface area contributed by atoms with E-state index in [1.165, 1.54) is 11.0 Å². The summed E-state index contributed by atoms with van der Waals surface area (Å²) in [5.41, 5.74) is -0.234. The first-order chi connectivity index (χ1) is 11.7. The van der Waals surface area contributed by atoms with Crippen LogP contribution < -0.4 is 5.32 Å². The molecular formula is C18H22FN3O3. The maximum Gasteiger partial charge on any atom is 0.407 e. The molecule has 1 aromatic rings. The minimum Gasteiger partial charge on any atom is -0.444 e. The molecule has 1 aliphatic heterocycles. The highest BCUT2D eigenvalue weighted by Crippen LogP contribution is 2.30. The monoisotopic (exact) mass is 347 g/mol. The van der Waals surface area contributed by atoms with E-state index in [9.17, 15) is 14.0 Å². The summed E-state index contributed by atoms with van der Waals surface area (Å²) < 4.78 is 19.5. The van der Waals surface area contributed by atoms with Crippen LogP contribution in [0.3, 0.4) is 0 Å². The van der Waals surface area contributed by atoms with E-state index in [1.807, 2.05) is 6.07 Å². The van der Waals surface area contributed by atoms with E-state index >= 15 is 0 Å². The lowest BCUT2D eigenvalue weighted by molar-refractivity contribution is -0.129. The minimum absolute atomic E-state index is 0.207. The molecule has 7 heteroatoms. The van der Waals surface area contributed by atoms with E-state index < -0.39 is 29.5 Å². The Balaban J connectivity index is 2.20. The van der Waals surface area contributed by atoms with Gasteiger partial charge >= 0.3 is 6.09 Å². The Kier molecular flexibility index (Phi) is 5.62. The first kappa shape index (κ1) is 18.7. The van der Waals surface area contributed by atoms with Gasteiger partial charge in [0, 0.05) is 19.0 Å². The summed E-state index contributed by atoms with van der Waals surface area (Å²) in [5.74, 6) is -1.13. The number of alkyl carbamates (subject to hydrolysis) is 1. The number of amides is 2. The second-order valence-corrected chi connectivity index (χ2v) is 7.01. The highest BCUT2D eigenvalue weighted by molar-refractivity contribution is 5.79. The predicted octanol–water partition coefficient (Wildman–Crippen LogP) is 2.56. The van der Waals surface area contributed by atoms with Gasteiger partial charge in [-0.05, 0) is 32.4 Å². The quantitative estimate of drug-likeness (QED) is 0.911. The van der Waals surface area contributed by atoms with Gasteiger partial charge in [0.25, 0.3) is 0 Å². The molecule has 6 nitrogen and oxygen atoms in total. The maximum atomic E-state index is 14.2. The van der Waals surface area contributed by atoms with Crippen LogP contribution in [0.5, 0.6) is 0 Å². The smallest absolute Gasteiger partial charge is 0.407 e. The number of rotatable bonds is 3. The molecule has 0 aromatic heterocycles. The van der Waals surface area contributed by atoms with Crippen LogP contribution in [0.25, 0.3) is 0 Å². The zero-order chi connectivity index (χ0) is 18.6. The van der Waals surface area contributed by atoms with Gasteiger partial charge in [-0.2, -0.15) is 5.26 Å². The van der Waals surface area contributed by atoms with Crippen molar-refractivity contribution in [3.8, 4) is 6.07 Å². The van der Waals surface area contributed by atoms with Crippen LogP contribution in [-0.2, 0) is 9.53 Å². The molecule has 2 amide bonds. The molecule has 0 unspecified atom stereocenters. The summed E-state index contributed by atoms with van der Waals surface area (Å²) in [7, 11) is 0. The third-order valence-electron chi connectivity index (χ3n) is 3.91. The summed E-state index contributed by atoms with van der Waals surface area (Å²) in [6, 6.07) is 7.61. The molecule has 0 aliphatic carbocycles. The largest absolute Gasteiger partial charge is 0.444 e. The lowest BCUT2D eigenvalue weighted by Crippen LogP contribution is -2.43. The number of nitrogens with zero attached hydrogens (tertiary/aromatic N) is 2. The molecule has 134 valence electrons. The number of hydrogen-bond donors (Lipinski definition) is 1. The van der Waals surface area contributed by atoms with Crippen molar-refractivity contribution in [2.24, 2.45) is 0 Å². The summed E-state index contributed by atoms with van der Waals surface area (Å²) in [5, 5.41) is 11.4. The Morgan fingerprint density at radius 1 is 1.36 bits per heavy atom. The van der Waals surface area contributed by atoms with Gasteiger partial charge in [0.1, 0.15) is 17.8 Å². The van der Waals surface area contributed by atoms with Crippen molar-refractivity contribution < 1.29 is 18.7 Å². The maximum absolute atomic E-state index is 14.2. The number of likely N-dealkylation sites (tertiary alicyclic amines) is 1. The Morgan fingerprint density at radius 2 is 2.04 bits per heavy atom. The van der Waals surface area contributed by atoms with Crippen molar-refractivity contribution in [3.63, 3.8) is 0 Å². The zero-order valence-electron chi connectivity index (χ0n) is 14.6. The van der Waals surface area contributed by atoms with Gasteiger partial charge in [0.15, 0.2) is 0 Å². The first-order valence-corrected chi connectivity index (χ1v) is 8.10. The number of hydrogen-bond acceptors (Lipinski definition) is 4. The lowest BCUT2D eigenvalue weighted by Gasteiger charge is -2.24. The van der Waals surface area contributed by atoms with E-state index in [0.29, 0.717) is 5.56 Å². The fourth-order valence-electron chi connectivity index (χ4n) is 2.88. The highest BCUT2D eigenvalue weighted by Gasteiger charge is 2.38. The number of benzene rings is 1. The van der Waals surface area contributed by atoms with Crippen molar-refractivity contribution in [3.05, 3.63) is 35.6 Å². The number of ether oxygens (including phenoxy) is 1. The molecule has 0 radical (unpaired) electrons. The van der Waals surface area contributed by atoms with Gasteiger partial charge in [-0.15, -0.1) is 0 Å². The fraction of sp³-hybridized carbons (Fsp3) is 0.500. The molecule has 1 heterocycles. The fourth-order valence-corrected chi connectivity index (χ4v) is 2.88. The molecule has 25 heavy (non-hydrogen) atoms. The Morgan fingerprint density at radius 3 is 2.64 bits per heavy atom. The van der Waals surface area contributed by atoms with Crippen LogP contribution in [-0.4, -0.2) is 41.6 Å². The summed E-state index contributed by atoms with van der Waals surface area (Å²) in [6.07, 6.45) is -0.864. The third-order valence-corrected chi connectivity index (χ3v) is 3.91. The normalized spacial score (nSPS) is 20.0. The summed E-state index contributed by atoms with van der Waals surface area (Å²) >= 11 is 0. The van der Waals surface area contributed by atoms with Gasteiger partial charge in [-0.25, -0.2) is 9.18 Å². The van der Waals surface area contributed by atoms with Gasteiger partial charge in [-0.1, -0.05) is 18.2 Å². The molecule has 1 aromatic carbocycles. The molecule has 0 bridgehead atoms. The number of nitrogens with one attached hydrogen (secondary N) is 1. The number of nitriles is 1. The van der Waals surface area contributed by atoms with Crippen LogP contribution in [0.1, 0.15) is 38.7 Å². The molecule has 1 N–H and O–H groups in total. The second kappa shape index (κ2) is 7.51. The van der Waals surface area contributed by atoms with Gasteiger partial charge in [-0.3, -0.25) is 4.79 Å². The highest BCUT2D eigenvalue weighted by atomic mass is 19.1. The molecule has 0 saturated carbocycles. The number of halogens is 1. The van der Waals surface area contributed by atoms with Crippen LogP contribution >= 0.6 is 0 Å². The molecule has 2 rings (SSSR count).